The second-order valence-electron chi connectivity index (χ2n) is 4.35. The Balaban J connectivity index is 2.35. The van der Waals surface area contributed by atoms with Crippen molar-refractivity contribution in [1.82, 2.24) is 10.6 Å². The molecule has 1 heterocycles. The molecule has 2 N–H and O–H groups in total. The fourth-order valence-electron chi connectivity index (χ4n) is 2.33. The first-order valence-corrected chi connectivity index (χ1v) is 5.91. The summed E-state index contributed by atoms with van der Waals surface area (Å²) in [6.07, 6.45) is 1.60. The minimum Gasteiger partial charge on any atom is -0.315 e. The molecule has 4 heteroatoms. The first-order valence-electron chi connectivity index (χ1n) is 5.91. The first-order chi connectivity index (χ1) is 8.17. The van der Waals surface area contributed by atoms with Gasteiger partial charge in [-0.15, -0.1) is 0 Å². The van der Waals surface area contributed by atoms with E-state index in [4.69, 9.17) is 0 Å². The number of nitrogens with one attached hydrogen (secondary N) is 2. The van der Waals surface area contributed by atoms with Gasteiger partial charge in [-0.25, -0.2) is 0 Å². The molecular formula is C13H19N3O. The van der Waals surface area contributed by atoms with Crippen molar-refractivity contribution in [2.45, 2.75) is 19.0 Å². The molecule has 0 aromatic heterocycles. The van der Waals surface area contributed by atoms with Gasteiger partial charge in [-0.2, -0.15) is 0 Å². The molecule has 0 unspecified atom stereocenters. The number of amides is 1. The third-order valence-corrected chi connectivity index (χ3v) is 3.36. The fourth-order valence-corrected chi connectivity index (χ4v) is 2.33. The lowest BCUT2D eigenvalue weighted by Crippen LogP contribution is -2.32. The number of hydrogen-bond donors (Lipinski definition) is 2. The Labute approximate surface area is 102 Å². The van der Waals surface area contributed by atoms with Crippen LogP contribution in [0.25, 0.3) is 0 Å². The molecule has 0 bridgehead atoms. The lowest BCUT2D eigenvalue weighted by molar-refractivity contribution is -0.118. The Bertz CT molecular complexity index is 427. The highest BCUT2D eigenvalue weighted by Gasteiger charge is 2.21. The van der Waals surface area contributed by atoms with Crippen LogP contribution in [0.5, 0.6) is 0 Å². The van der Waals surface area contributed by atoms with Crippen LogP contribution < -0.4 is 15.5 Å². The van der Waals surface area contributed by atoms with E-state index >= 15 is 0 Å². The van der Waals surface area contributed by atoms with Crippen LogP contribution in [0.3, 0.4) is 0 Å². The van der Waals surface area contributed by atoms with Gasteiger partial charge in [0.2, 0.25) is 5.91 Å². The van der Waals surface area contributed by atoms with E-state index in [1.54, 1.807) is 4.90 Å². The minimum absolute atomic E-state index is 0.156. The van der Waals surface area contributed by atoms with Crippen molar-refractivity contribution >= 4 is 11.6 Å². The lowest BCUT2D eigenvalue weighted by Gasteiger charge is -2.27. The summed E-state index contributed by atoms with van der Waals surface area (Å²) in [5.74, 6) is 0.198. The summed E-state index contributed by atoms with van der Waals surface area (Å²) in [5, 5.41) is 6.41. The molecule has 1 aliphatic heterocycles. The molecule has 2 rings (SSSR count). The van der Waals surface area contributed by atoms with E-state index in [1.165, 1.54) is 11.1 Å². The molecule has 0 saturated carbocycles. The molecule has 0 radical (unpaired) electrons. The van der Waals surface area contributed by atoms with Crippen LogP contribution in [0, 0.1) is 0 Å². The number of rotatable bonds is 3. The smallest absolute Gasteiger partial charge is 0.227 e. The van der Waals surface area contributed by atoms with Gasteiger partial charge in [-0.05, 0) is 37.7 Å². The van der Waals surface area contributed by atoms with Gasteiger partial charge in [0.15, 0.2) is 0 Å². The van der Waals surface area contributed by atoms with E-state index in [0.29, 0.717) is 6.42 Å². The van der Waals surface area contributed by atoms with Crippen LogP contribution in [0.15, 0.2) is 18.2 Å². The van der Waals surface area contributed by atoms with Gasteiger partial charge in [0.05, 0.1) is 6.17 Å². The molecule has 1 amide bonds. The van der Waals surface area contributed by atoms with Gasteiger partial charge >= 0.3 is 0 Å². The lowest BCUT2D eigenvalue weighted by atomic mass is 9.98. The summed E-state index contributed by atoms with van der Waals surface area (Å²) in [6, 6.07) is 6.27. The molecular weight excluding hydrogens is 214 g/mol. The average Bonchev–Trinajstić information content (AvgIpc) is 2.35. The number of anilines is 1. The number of fused-ring (bicyclic) bond motifs is 1. The zero-order chi connectivity index (χ0) is 12.4. The molecule has 92 valence electrons. The Hall–Kier alpha value is -1.39. The topological polar surface area (TPSA) is 44.4 Å². The summed E-state index contributed by atoms with van der Waals surface area (Å²) >= 11 is 0. The van der Waals surface area contributed by atoms with E-state index in [-0.39, 0.29) is 12.1 Å². The van der Waals surface area contributed by atoms with Crippen LogP contribution in [0.2, 0.25) is 0 Å². The summed E-state index contributed by atoms with van der Waals surface area (Å²) in [7, 11) is 5.69. The Morgan fingerprint density at radius 2 is 1.94 bits per heavy atom. The zero-order valence-electron chi connectivity index (χ0n) is 10.6. The van der Waals surface area contributed by atoms with Gasteiger partial charge < -0.3 is 15.5 Å². The molecule has 1 aromatic carbocycles. The van der Waals surface area contributed by atoms with Gasteiger partial charge in [0, 0.05) is 19.2 Å². The maximum Gasteiger partial charge on any atom is 0.227 e. The van der Waals surface area contributed by atoms with Gasteiger partial charge in [-0.3, -0.25) is 4.79 Å². The molecule has 0 aliphatic carbocycles. The summed E-state index contributed by atoms with van der Waals surface area (Å²) in [4.78, 5) is 13.3. The van der Waals surface area contributed by atoms with Gasteiger partial charge in [0.25, 0.3) is 0 Å². The second kappa shape index (κ2) is 4.85. The number of carbonyl (C=O) groups is 1. The van der Waals surface area contributed by atoms with Crippen molar-refractivity contribution in [3.05, 3.63) is 29.3 Å². The van der Waals surface area contributed by atoms with Crippen molar-refractivity contribution < 1.29 is 4.79 Å². The second-order valence-corrected chi connectivity index (χ2v) is 4.35. The highest BCUT2D eigenvalue weighted by atomic mass is 16.2. The molecule has 1 aliphatic rings. The van der Waals surface area contributed by atoms with Crippen LogP contribution in [0.4, 0.5) is 5.69 Å². The standard InChI is InChI=1S/C13H19N3O/c1-14-13(15-2)10-4-6-11-9(8-10)5-7-12(17)16(11)3/h4,6,8,13-15H,5,7H2,1-3H3. The maximum absolute atomic E-state index is 11.6. The van der Waals surface area contributed by atoms with Crippen molar-refractivity contribution in [3.8, 4) is 0 Å². The average molecular weight is 233 g/mol. The van der Waals surface area contributed by atoms with Crippen LogP contribution >= 0.6 is 0 Å². The van der Waals surface area contributed by atoms with Crippen LogP contribution in [0.1, 0.15) is 23.7 Å². The van der Waals surface area contributed by atoms with Crippen LogP contribution in [-0.2, 0) is 11.2 Å². The fraction of sp³-hybridized carbons (Fsp3) is 0.462. The van der Waals surface area contributed by atoms with Crippen molar-refractivity contribution in [1.29, 1.82) is 0 Å². The third-order valence-electron chi connectivity index (χ3n) is 3.36. The number of hydrogen-bond acceptors (Lipinski definition) is 3. The number of aryl methyl sites for hydroxylation is 1. The highest BCUT2D eigenvalue weighted by molar-refractivity contribution is 5.95. The predicted octanol–water partition coefficient (Wildman–Crippen LogP) is 1.03. The largest absolute Gasteiger partial charge is 0.315 e. The van der Waals surface area contributed by atoms with Crippen LogP contribution in [-0.4, -0.2) is 27.1 Å². The van der Waals surface area contributed by atoms with E-state index in [9.17, 15) is 4.79 Å². The number of carbonyl (C=O) groups excluding carboxylic acids is 1. The highest BCUT2D eigenvalue weighted by Crippen LogP contribution is 2.28. The van der Waals surface area contributed by atoms with Crippen molar-refractivity contribution in [2.75, 3.05) is 26.0 Å². The first kappa shape index (κ1) is 12.1. The van der Waals surface area contributed by atoms with Crippen molar-refractivity contribution in [3.63, 3.8) is 0 Å². The summed E-state index contributed by atoms with van der Waals surface area (Å²) in [5.41, 5.74) is 3.49. The van der Waals surface area contributed by atoms with E-state index < -0.39 is 0 Å². The van der Waals surface area contributed by atoms with Crippen molar-refractivity contribution in [2.24, 2.45) is 0 Å². The third kappa shape index (κ3) is 2.18. The Morgan fingerprint density at radius 3 is 2.59 bits per heavy atom. The quantitative estimate of drug-likeness (QED) is 0.767. The SMILES string of the molecule is CNC(NC)c1ccc2c(c1)CCC(=O)N2C. The molecule has 4 nitrogen and oxygen atoms in total. The zero-order valence-corrected chi connectivity index (χ0v) is 10.6. The predicted molar refractivity (Wildman–Crippen MR) is 69.0 cm³/mol. The normalized spacial score (nSPS) is 15.3. The number of nitrogens with zero attached hydrogens (tertiary/aromatic N) is 1. The van der Waals surface area contributed by atoms with E-state index in [2.05, 4.69) is 22.8 Å². The Kier molecular flexibility index (Phi) is 3.45. The summed E-state index contributed by atoms with van der Waals surface area (Å²) in [6.45, 7) is 0. The van der Waals surface area contributed by atoms with E-state index in [1.807, 2.05) is 27.2 Å². The van der Waals surface area contributed by atoms with Gasteiger partial charge in [0.1, 0.15) is 0 Å². The molecule has 17 heavy (non-hydrogen) atoms. The molecule has 0 fully saturated rings. The molecule has 0 saturated heterocycles. The van der Waals surface area contributed by atoms with E-state index in [0.717, 1.165) is 12.1 Å². The maximum atomic E-state index is 11.6. The minimum atomic E-state index is 0.156. The molecule has 0 spiro atoms. The summed E-state index contributed by atoms with van der Waals surface area (Å²) < 4.78 is 0. The monoisotopic (exact) mass is 233 g/mol. The number of benzene rings is 1. The molecule has 1 aromatic rings. The Morgan fingerprint density at radius 1 is 1.24 bits per heavy atom. The van der Waals surface area contributed by atoms with Gasteiger partial charge in [-0.1, -0.05) is 12.1 Å². The molecule has 0 atom stereocenters.